The van der Waals surface area contributed by atoms with E-state index >= 15 is 0 Å². The van der Waals surface area contributed by atoms with Crippen molar-refractivity contribution >= 4 is 17.3 Å². The van der Waals surface area contributed by atoms with E-state index < -0.39 is 0 Å². The molecule has 0 aromatic carbocycles. The van der Waals surface area contributed by atoms with E-state index in [4.69, 9.17) is 0 Å². The summed E-state index contributed by atoms with van der Waals surface area (Å²) < 4.78 is 0. The minimum Gasteiger partial charge on any atom is -2.00 e. The van der Waals surface area contributed by atoms with Crippen molar-refractivity contribution in [2.75, 3.05) is 0 Å². The van der Waals surface area contributed by atoms with Crippen molar-refractivity contribution in [1.82, 2.24) is 0 Å². The Labute approximate surface area is 67.2 Å². The van der Waals surface area contributed by atoms with Gasteiger partial charge in [0.05, 0.1) is 0 Å². The molecule has 0 saturated carbocycles. The molecule has 5 heteroatoms. The van der Waals surface area contributed by atoms with Gasteiger partial charge in [0.2, 0.25) is 0 Å². The first-order valence-corrected chi connectivity index (χ1v) is 1.69. The second-order valence-corrected chi connectivity index (χ2v) is 0.874. The first-order valence-electron chi connectivity index (χ1n) is 1.28. The van der Waals surface area contributed by atoms with Gasteiger partial charge in [0.15, 0.2) is 5.11 Å². The summed E-state index contributed by atoms with van der Waals surface area (Å²) >= 11 is 4.09. The predicted octanol–water partition coefficient (Wildman–Crippen LogP) is -0.130. The molecule has 0 aliphatic rings. The van der Waals surface area contributed by atoms with Crippen LogP contribution in [0.25, 0.3) is 0 Å². The Kier molecular flexibility index (Phi) is 85.4. The molecule has 0 aromatic heterocycles. The Morgan fingerprint density at radius 3 is 1.25 bits per heavy atom. The van der Waals surface area contributed by atoms with Gasteiger partial charge in [-0.15, -0.1) is 13.2 Å². The van der Waals surface area contributed by atoms with Crippen LogP contribution < -0.4 is 11.5 Å². The second-order valence-electron chi connectivity index (χ2n) is 0.402. The fourth-order valence-corrected chi connectivity index (χ4v) is 0. The first-order chi connectivity index (χ1) is 2.73. The minimum absolute atomic E-state index is 0. The van der Waals surface area contributed by atoms with Crippen LogP contribution in [0.2, 0.25) is 0 Å². The van der Waals surface area contributed by atoms with Gasteiger partial charge in [-0.2, -0.15) is 0 Å². The minimum atomic E-state index is 0. The molecule has 0 radical (unpaired) electrons. The van der Waals surface area contributed by atoms with Crippen molar-refractivity contribution in [3.63, 3.8) is 0 Å². The molecule has 0 bridgehead atoms. The molecular weight excluding hydrogens is 178 g/mol. The molecule has 3 nitrogen and oxygen atoms in total. The molecule has 4 N–H and O–H groups in total. The van der Waals surface area contributed by atoms with E-state index in [1.54, 1.807) is 0 Å². The molecule has 0 aliphatic heterocycles. The average molecular weight is 186 g/mol. The summed E-state index contributed by atoms with van der Waals surface area (Å²) in [7, 11) is 0. The Balaban J connectivity index is -0.0000000183. The van der Waals surface area contributed by atoms with E-state index in [0.717, 1.165) is 0 Å². The van der Waals surface area contributed by atoms with Crippen LogP contribution in [-0.2, 0) is 25.0 Å². The van der Waals surface area contributed by atoms with E-state index in [1.165, 1.54) is 0 Å². The predicted molar refractivity (Wildman–Crippen MR) is 32.9 cm³/mol. The van der Waals surface area contributed by atoms with E-state index in [-0.39, 0.29) is 30.1 Å². The summed E-state index contributed by atoms with van der Waals surface area (Å²) in [5.41, 5.74) is 9.24. The summed E-state index contributed by atoms with van der Waals surface area (Å²) in [6.45, 7) is 6.00. The van der Waals surface area contributed by atoms with Gasteiger partial charge in [-0.05, 0) is 12.2 Å². The van der Waals surface area contributed by atoms with Crippen molar-refractivity contribution in [3.8, 4) is 0 Å². The average Bonchev–Trinajstić information content (AvgIpc) is 1.41. The molecule has 0 rings (SSSR count). The number of rotatable bonds is 0. The van der Waals surface area contributed by atoms with E-state index in [2.05, 4.69) is 36.8 Å². The Morgan fingerprint density at radius 2 is 1.25 bits per heavy atom. The van der Waals surface area contributed by atoms with Gasteiger partial charge in [0, 0.05) is 0 Å². The van der Waals surface area contributed by atoms with Crippen LogP contribution >= 0.6 is 12.2 Å². The number of thiocarbonyl (C=S) groups is 1. The number of hydrogen-bond donors (Lipinski definition) is 2. The maximum Gasteiger partial charge on any atom is 2.00 e. The molecule has 0 atom stereocenters. The largest absolute Gasteiger partial charge is 2.00 e. The van der Waals surface area contributed by atoms with Gasteiger partial charge in [-0.3, -0.25) is 0 Å². The van der Waals surface area contributed by atoms with Crippen LogP contribution in [-0.4, -0.2) is 5.11 Å². The zero-order valence-corrected chi connectivity index (χ0v) is 8.38. The Morgan fingerprint density at radius 1 is 1.25 bits per heavy atom. The van der Waals surface area contributed by atoms with Gasteiger partial charge in [0.25, 0.3) is 0 Å². The van der Waals surface area contributed by atoms with Gasteiger partial charge in [-0.1, -0.05) is 0 Å². The fraction of sp³-hybridized carbons (Fsp3) is 0. The molecule has 0 saturated heterocycles. The van der Waals surface area contributed by atoms with Gasteiger partial charge in [0.1, 0.15) is 0 Å². The third-order valence-electron chi connectivity index (χ3n) is 0. The van der Waals surface area contributed by atoms with Crippen LogP contribution in [0.1, 0.15) is 0 Å². The molecule has 0 aliphatic carbocycles. The van der Waals surface area contributed by atoms with Crippen LogP contribution in [0.3, 0.4) is 0 Å². The topological polar surface area (TPSA) is 80.5 Å². The molecule has 0 spiro atoms. The standard InChI is InChI=1S/C2H4.CH4N2S.O.Zn/c1-2;2-1(3)4;;/h1-2H2;(H4,2,3,4);;/q;;-2;+2. The maximum atomic E-state index is 4.62. The second kappa shape index (κ2) is 27.9. The van der Waals surface area contributed by atoms with Gasteiger partial charge >= 0.3 is 19.5 Å². The van der Waals surface area contributed by atoms with Crippen molar-refractivity contribution in [2.24, 2.45) is 11.5 Å². The smallest absolute Gasteiger partial charge is 2.00 e. The van der Waals surface area contributed by atoms with Crippen molar-refractivity contribution in [1.29, 1.82) is 0 Å². The van der Waals surface area contributed by atoms with Crippen molar-refractivity contribution < 1.29 is 25.0 Å². The van der Waals surface area contributed by atoms with Crippen LogP contribution in [0, 0.1) is 0 Å². The van der Waals surface area contributed by atoms with Gasteiger partial charge < -0.3 is 16.9 Å². The fourth-order valence-electron chi connectivity index (χ4n) is 0. The molecular formula is C3H8N2OSZn. The third-order valence-corrected chi connectivity index (χ3v) is 0. The molecule has 0 aromatic rings. The van der Waals surface area contributed by atoms with Crippen molar-refractivity contribution in [2.45, 2.75) is 0 Å². The van der Waals surface area contributed by atoms with Crippen molar-refractivity contribution in [3.05, 3.63) is 13.2 Å². The molecule has 44 valence electrons. The first kappa shape index (κ1) is 24.5. The van der Waals surface area contributed by atoms with E-state index in [9.17, 15) is 0 Å². The van der Waals surface area contributed by atoms with Crippen LogP contribution in [0.15, 0.2) is 13.2 Å². The summed E-state index contributed by atoms with van der Waals surface area (Å²) in [6, 6.07) is 0. The monoisotopic (exact) mass is 184 g/mol. The number of nitrogens with two attached hydrogens (primary N) is 2. The molecule has 0 unspecified atom stereocenters. The third kappa shape index (κ3) is 845000. The summed E-state index contributed by atoms with van der Waals surface area (Å²) in [4.78, 5) is 0. The SMILES string of the molecule is C=C.NC(N)=S.[O-2].[Zn+2]. The quantitative estimate of drug-likeness (QED) is 0.313. The molecule has 0 fully saturated rings. The summed E-state index contributed by atoms with van der Waals surface area (Å²) in [5.74, 6) is 0. The summed E-state index contributed by atoms with van der Waals surface area (Å²) in [5, 5.41) is 0.000000000000000222. The van der Waals surface area contributed by atoms with E-state index in [0.29, 0.717) is 0 Å². The molecule has 8 heavy (non-hydrogen) atoms. The van der Waals surface area contributed by atoms with E-state index in [1.807, 2.05) is 0 Å². The van der Waals surface area contributed by atoms with Crippen LogP contribution in [0.4, 0.5) is 0 Å². The molecule has 0 heterocycles. The maximum absolute atomic E-state index is 4.62. The van der Waals surface area contributed by atoms with Gasteiger partial charge in [-0.25, -0.2) is 0 Å². The normalized spacial score (nSPS) is 3.50. The zero-order valence-electron chi connectivity index (χ0n) is 4.59. The zero-order chi connectivity index (χ0) is 5.58. The van der Waals surface area contributed by atoms with Crippen LogP contribution in [0.5, 0.6) is 0 Å². The summed E-state index contributed by atoms with van der Waals surface area (Å²) in [6.07, 6.45) is 0. The molecule has 0 amide bonds. The Bertz CT molecular complexity index is 48.5. The number of hydrogen-bond acceptors (Lipinski definition) is 1. The Hall–Kier alpha value is 0.0134.